The molecule has 160 valence electrons. The first-order valence-corrected chi connectivity index (χ1v) is 11.0. The molecule has 0 saturated carbocycles. The number of imidazole rings is 1. The predicted octanol–water partition coefficient (Wildman–Crippen LogP) is 5.46. The van der Waals surface area contributed by atoms with Gasteiger partial charge in [-0.3, -0.25) is 19.1 Å². The SMILES string of the molecule is Cc1ccc(Cn2c(=O)n(C)c3c4cc(-c5cnc6ccccc6c5)ccc4ncc32)cc1. The molecular weight excluding hydrogens is 408 g/mol. The fraction of sp³-hybridized carbons (Fsp3) is 0.107. The van der Waals surface area contributed by atoms with Crippen LogP contribution in [-0.2, 0) is 13.6 Å². The molecule has 6 rings (SSSR count). The highest BCUT2D eigenvalue weighted by Gasteiger charge is 2.15. The van der Waals surface area contributed by atoms with Crippen molar-refractivity contribution in [2.45, 2.75) is 13.5 Å². The van der Waals surface area contributed by atoms with Crippen molar-refractivity contribution in [2.24, 2.45) is 7.05 Å². The lowest BCUT2D eigenvalue weighted by atomic mass is 10.0. The highest BCUT2D eigenvalue weighted by atomic mass is 16.1. The van der Waals surface area contributed by atoms with Gasteiger partial charge in [0.15, 0.2) is 0 Å². The van der Waals surface area contributed by atoms with Crippen LogP contribution in [0.25, 0.3) is 44.0 Å². The number of aryl methyl sites for hydroxylation is 2. The Morgan fingerprint density at radius 3 is 2.45 bits per heavy atom. The number of nitrogens with zero attached hydrogens (tertiary/aromatic N) is 4. The number of fused-ring (bicyclic) bond motifs is 4. The van der Waals surface area contributed by atoms with Crippen LogP contribution in [-0.4, -0.2) is 19.1 Å². The Kier molecular flexibility index (Phi) is 4.37. The van der Waals surface area contributed by atoms with E-state index in [1.807, 2.05) is 43.7 Å². The molecule has 0 amide bonds. The molecule has 5 heteroatoms. The molecule has 0 spiro atoms. The minimum atomic E-state index is -0.0438. The third-order valence-electron chi connectivity index (χ3n) is 6.35. The van der Waals surface area contributed by atoms with Crippen LogP contribution in [0.5, 0.6) is 0 Å². The van der Waals surface area contributed by atoms with E-state index in [0.717, 1.165) is 49.5 Å². The van der Waals surface area contributed by atoms with E-state index >= 15 is 0 Å². The Morgan fingerprint density at radius 2 is 1.61 bits per heavy atom. The van der Waals surface area contributed by atoms with Gasteiger partial charge in [0.1, 0.15) is 0 Å². The summed E-state index contributed by atoms with van der Waals surface area (Å²) in [6.45, 7) is 2.57. The number of para-hydroxylation sites is 1. The van der Waals surface area contributed by atoms with E-state index in [-0.39, 0.29) is 5.69 Å². The maximum Gasteiger partial charge on any atom is 0.329 e. The van der Waals surface area contributed by atoms with Gasteiger partial charge < -0.3 is 0 Å². The molecule has 5 nitrogen and oxygen atoms in total. The van der Waals surface area contributed by atoms with Crippen LogP contribution in [0.2, 0.25) is 0 Å². The van der Waals surface area contributed by atoms with Gasteiger partial charge in [0, 0.05) is 29.6 Å². The van der Waals surface area contributed by atoms with Crippen LogP contribution in [0, 0.1) is 6.92 Å². The van der Waals surface area contributed by atoms with Gasteiger partial charge in [-0.25, -0.2) is 4.79 Å². The van der Waals surface area contributed by atoms with Crippen molar-refractivity contribution in [3.8, 4) is 11.1 Å². The van der Waals surface area contributed by atoms with Gasteiger partial charge in [0.05, 0.1) is 34.8 Å². The second kappa shape index (κ2) is 7.41. The highest BCUT2D eigenvalue weighted by molar-refractivity contribution is 6.04. The Labute approximate surface area is 190 Å². The second-order valence-corrected chi connectivity index (χ2v) is 8.55. The van der Waals surface area contributed by atoms with E-state index in [9.17, 15) is 4.79 Å². The Morgan fingerprint density at radius 1 is 0.818 bits per heavy atom. The molecule has 0 atom stereocenters. The zero-order valence-electron chi connectivity index (χ0n) is 18.5. The molecular formula is C28H22N4O. The molecule has 0 aliphatic rings. The van der Waals surface area contributed by atoms with E-state index in [0.29, 0.717) is 6.54 Å². The maximum absolute atomic E-state index is 13.2. The number of pyridine rings is 2. The molecule has 0 unspecified atom stereocenters. The third kappa shape index (κ3) is 3.21. The first-order chi connectivity index (χ1) is 16.1. The van der Waals surface area contributed by atoms with E-state index < -0.39 is 0 Å². The quantitative estimate of drug-likeness (QED) is 0.375. The number of hydrogen-bond acceptors (Lipinski definition) is 3. The van der Waals surface area contributed by atoms with Crippen LogP contribution in [0.4, 0.5) is 0 Å². The second-order valence-electron chi connectivity index (χ2n) is 8.55. The van der Waals surface area contributed by atoms with Crippen LogP contribution in [0.3, 0.4) is 0 Å². The minimum absolute atomic E-state index is 0.0438. The molecule has 3 aromatic carbocycles. The van der Waals surface area contributed by atoms with Gasteiger partial charge >= 0.3 is 5.69 Å². The standard InChI is InChI=1S/C28H22N4O/c1-18-7-9-19(10-8-18)17-32-26-16-30-25-12-11-20(14-23(25)27(26)31(2)28(32)33)22-13-21-5-3-4-6-24(21)29-15-22/h3-16H,17H2,1-2H3. The van der Waals surface area contributed by atoms with E-state index in [2.05, 4.69) is 65.4 Å². The topological polar surface area (TPSA) is 52.7 Å². The van der Waals surface area contributed by atoms with Crippen molar-refractivity contribution in [1.29, 1.82) is 0 Å². The summed E-state index contributed by atoms with van der Waals surface area (Å²) in [5.41, 5.74) is 7.91. The average molecular weight is 431 g/mol. The number of hydrogen-bond donors (Lipinski definition) is 0. The first-order valence-electron chi connectivity index (χ1n) is 11.0. The number of rotatable bonds is 3. The molecule has 3 aromatic heterocycles. The maximum atomic E-state index is 13.2. The largest absolute Gasteiger partial charge is 0.329 e. The lowest BCUT2D eigenvalue weighted by molar-refractivity contribution is 0.736. The summed E-state index contributed by atoms with van der Waals surface area (Å²) < 4.78 is 3.53. The Bertz CT molecular complexity index is 1730. The van der Waals surface area contributed by atoms with E-state index in [1.165, 1.54) is 5.56 Å². The van der Waals surface area contributed by atoms with Crippen molar-refractivity contribution >= 4 is 32.8 Å². The molecule has 0 fully saturated rings. The van der Waals surface area contributed by atoms with Crippen molar-refractivity contribution in [3.05, 3.63) is 107 Å². The highest BCUT2D eigenvalue weighted by Crippen LogP contribution is 2.29. The van der Waals surface area contributed by atoms with Crippen molar-refractivity contribution in [3.63, 3.8) is 0 Å². The first kappa shape index (κ1) is 19.4. The number of benzene rings is 3. The summed E-state index contributed by atoms with van der Waals surface area (Å²) in [6.07, 6.45) is 3.71. The van der Waals surface area contributed by atoms with Crippen LogP contribution in [0.1, 0.15) is 11.1 Å². The van der Waals surface area contributed by atoms with Gasteiger partial charge in [-0.1, -0.05) is 54.1 Å². The molecule has 0 radical (unpaired) electrons. The average Bonchev–Trinajstić information content (AvgIpc) is 3.09. The summed E-state index contributed by atoms with van der Waals surface area (Å²) in [5, 5.41) is 2.06. The third-order valence-corrected chi connectivity index (χ3v) is 6.35. The van der Waals surface area contributed by atoms with Crippen LogP contribution in [0.15, 0.2) is 90.0 Å². The summed E-state index contributed by atoms with van der Waals surface area (Å²) in [6, 6.07) is 24.7. The van der Waals surface area contributed by atoms with Crippen molar-refractivity contribution < 1.29 is 0 Å². The molecule has 3 heterocycles. The zero-order valence-corrected chi connectivity index (χ0v) is 18.5. The van der Waals surface area contributed by atoms with Gasteiger partial charge in [-0.2, -0.15) is 0 Å². The Hall–Kier alpha value is -4.25. The predicted molar refractivity (Wildman–Crippen MR) is 133 cm³/mol. The summed E-state index contributed by atoms with van der Waals surface area (Å²) in [7, 11) is 1.83. The molecule has 33 heavy (non-hydrogen) atoms. The van der Waals surface area contributed by atoms with Crippen LogP contribution < -0.4 is 5.69 Å². The molecule has 0 aliphatic heterocycles. The van der Waals surface area contributed by atoms with E-state index in [1.54, 1.807) is 9.13 Å². The molecule has 0 saturated heterocycles. The van der Waals surface area contributed by atoms with Gasteiger partial charge in [0.2, 0.25) is 0 Å². The lowest BCUT2D eigenvalue weighted by Crippen LogP contribution is -2.22. The minimum Gasteiger partial charge on any atom is -0.294 e. The molecule has 0 bridgehead atoms. The van der Waals surface area contributed by atoms with Crippen LogP contribution >= 0.6 is 0 Å². The Balaban J connectivity index is 1.54. The molecule has 0 aliphatic carbocycles. The smallest absolute Gasteiger partial charge is 0.294 e. The van der Waals surface area contributed by atoms with Gasteiger partial charge in [-0.05, 0) is 42.3 Å². The lowest BCUT2D eigenvalue weighted by Gasteiger charge is -2.08. The summed E-state index contributed by atoms with van der Waals surface area (Å²) in [5.74, 6) is 0. The zero-order chi connectivity index (χ0) is 22.5. The van der Waals surface area contributed by atoms with Crippen molar-refractivity contribution in [1.82, 2.24) is 19.1 Å². The fourth-order valence-corrected chi connectivity index (χ4v) is 4.54. The van der Waals surface area contributed by atoms with Gasteiger partial charge in [-0.15, -0.1) is 0 Å². The normalized spacial score (nSPS) is 11.6. The monoisotopic (exact) mass is 430 g/mol. The summed E-state index contributed by atoms with van der Waals surface area (Å²) in [4.78, 5) is 22.5. The summed E-state index contributed by atoms with van der Waals surface area (Å²) >= 11 is 0. The number of aromatic nitrogens is 4. The molecule has 0 N–H and O–H groups in total. The fourth-order valence-electron chi connectivity index (χ4n) is 4.54. The van der Waals surface area contributed by atoms with Gasteiger partial charge in [0.25, 0.3) is 0 Å². The molecule has 6 aromatic rings. The van der Waals surface area contributed by atoms with E-state index in [4.69, 9.17) is 0 Å². The van der Waals surface area contributed by atoms with Crippen molar-refractivity contribution in [2.75, 3.05) is 0 Å².